The summed E-state index contributed by atoms with van der Waals surface area (Å²) in [7, 11) is -1.99. The number of hydrogen-bond donors (Lipinski definition) is 0. The molecule has 0 N–H and O–H groups in total. The summed E-state index contributed by atoms with van der Waals surface area (Å²) in [6, 6.07) is 13.4. The number of halogens is 2. The van der Waals surface area contributed by atoms with Gasteiger partial charge < -0.3 is 4.90 Å². The average Bonchev–Trinajstić information content (AvgIpc) is 3.32. The number of hydrogen-bond acceptors (Lipinski definition) is 6. The van der Waals surface area contributed by atoms with Gasteiger partial charge >= 0.3 is 0 Å². The Kier molecular flexibility index (Phi) is 7.38. The van der Waals surface area contributed by atoms with Crippen LogP contribution in [-0.2, 0) is 15.6 Å². The molecule has 2 aromatic carbocycles. The molecule has 1 saturated heterocycles. The van der Waals surface area contributed by atoms with Crippen LogP contribution >= 0.6 is 22.9 Å². The Morgan fingerprint density at radius 2 is 1.94 bits per heavy atom. The molecule has 0 bridgehead atoms. The summed E-state index contributed by atoms with van der Waals surface area (Å²) in [4.78, 5) is 8.04. The minimum absolute atomic E-state index is 0.193. The van der Waals surface area contributed by atoms with Crippen LogP contribution < -0.4 is 4.90 Å². The number of aromatic nitrogens is 1. The van der Waals surface area contributed by atoms with Gasteiger partial charge in [-0.1, -0.05) is 41.9 Å². The summed E-state index contributed by atoms with van der Waals surface area (Å²) in [5.74, 6) is -1.14. The van der Waals surface area contributed by atoms with E-state index in [-0.39, 0.29) is 21.7 Å². The predicted octanol–water partition coefficient (Wildman–Crippen LogP) is 5.57. The summed E-state index contributed by atoms with van der Waals surface area (Å²) in [6.45, 7) is 4.06. The summed E-state index contributed by atoms with van der Waals surface area (Å²) in [6.07, 6.45) is 1.82. The van der Waals surface area contributed by atoms with E-state index < -0.39 is 15.7 Å². The lowest BCUT2D eigenvalue weighted by Gasteiger charge is -2.40. The lowest BCUT2D eigenvalue weighted by Crippen LogP contribution is -2.44. The third-order valence-electron chi connectivity index (χ3n) is 6.41. The van der Waals surface area contributed by atoms with Crippen LogP contribution in [0.2, 0.25) is 5.02 Å². The molecule has 4 rings (SSSR count). The maximum atomic E-state index is 14.9. The fraction of sp³-hybridized carbons (Fsp3) is 0.375. The van der Waals surface area contributed by atoms with Crippen molar-refractivity contribution < 1.29 is 12.8 Å². The molecule has 1 aliphatic heterocycles. The number of sulfone groups is 1. The smallest absolute Gasteiger partial charge is 0.187 e. The van der Waals surface area contributed by atoms with E-state index in [1.807, 2.05) is 18.0 Å². The number of nitrogens with zero attached hydrogens (tertiary/aromatic N) is 3. The molecule has 0 radical (unpaired) electrons. The van der Waals surface area contributed by atoms with E-state index in [0.717, 1.165) is 25.9 Å². The van der Waals surface area contributed by atoms with Crippen molar-refractivity contribution in [3.05, 3.63) is 75.5 Å². The number of anilines is 1. The van der Waals surface area contributed by atoms with Gasteiger partial charge in [0.15, 0.2) is 9.84 Å². The molecule has 5 nitrogen and oxygen atoms in total. The van der Waals surface area contributed by atoms with Crippen molar-refractivity contribution in [2.75, 3.05) is 25.0 Å². The highest BCUT2D eigenvalue weighted by atomic mass is 35.5. The fourth-order valence-corrected chi connectivity index (χ4v) is 6.79. The van der Waals surface area contributed by atoms with Gasteiger partial charge in [0.2, 0.25) is 0 Å². The largest absolute Gasteiger partial charge is 0.370 e. The van der Waals surface area contributed by atoms with Crippen molar-refractivity contribution in [3.63, 3.8) is 0 Å². The van der Waals surface area contributed by atoms with Gasteiger partial charge in [-0.05, 0) is 31.4 Å². The lowest BCUT2D eigenvalue weighted by atomic mass is 9.99. The Hall–Kier alpha value is -2.00. The van der Waals surface area contributed by atoms with Gasteiger partial charge in [-0.25, -0.2) is 17.8 Å². The number of thiazole rings is 1. The van der Waals surface area contributed by atoms with Crippen molar-refractivity contribution in [1.82, 2.24) is 9.88 Å². The van der Waals surface area contributed by atoms with Gasteiger partial charge in [-0.3, -0.25) is 4.90 Å². The van der Waals surface area contributed by atoms with Gasteiger partial charge in [0.1, 0.15) is 10.7 Å². The monoisotopic (exact) mass is 507 g/mol. The Morgan fingerprint density at radius 3 is 2.58 bits per heavy atom. The number of piperidine rings is 1. The van der Waals surface area contributed by atoms with Crippen LogP contribution in [0.1, 0.15) is 37.1 Å². The summed E-state index contributed by atoms with van der Waals surface area (Å²) >= 11 is 7.77. The Balaban J connectivity index is 1.46. The molecule has 33 heavy (non-hydrogen) atoms. The minimum Gasteiger partial charge on any atom is -0.370 e. The quantitative estimate of drug-likeness (QED) is 0.418. The van der Waals surface area contributed by atoms with Gasteiger partial charge in [-0.2, -0.15) is 0 Å². The molecule has 0 amide bonds. The first-order valence-corrected chi connectivity index (χ1v) is 13.8. The van der Waals surface area contributed by atoms with E-state index >= 15 is 0 Å². The molecule has 1 fully saturated rings. The maximum absolute atomic E-state index is 14.9. The normalized spacial score (nSPS) is 16.6. The van der Waals surface area contributed by atoms with Crippen molar-refractivity contribution in [2.24, 2.45) is 0 Å². The molecule has 9 heteroatoms. The van der Waals surface area contributed by atoms with Crippen molar-refractivity contribution in [1.29, 1.82) is 0 Å². The van der Waals surface area contributed by atoms with Gasteiger partial charge in [0, 0.05) is 43.7 Å². The molecule has 0 aliphatic carbocycles. The van der Waals surface area contributed by atoms with Crippen LogP contribution in [0.25, 0.3) is 0 Å². The summed E-state index contributed by atoms with van der Waals surface area (Å²) < 4.78 is 40.4. The first-order chi connectivity index (χ1) is 15.8. The van der Waals surface area contributed by atoms with Crippen molar-refractivity contribution >= 4 is 38.5 Å². The Labute approximate surface area is 203 Å². The first-order valence-electron chi connectivity index (χ1n) is 10.9. The van der Waals surface area contributed by atoms with Crippen LogP contribution in [-0.4, -0.2) is 44.5 Å². The second-order valence-electron chi connectivity index (χ2n) is 8.44. The number of rotatable bonds is 7. The molecule has 0 unspecified atom stereocenters. The average molecular weight is 508 g/mol. The summed E-state index contributed by atoms with van der Waals surface area (Å²) in [5.41, 5.74) is 3.76. The molecular weight excluding hydrogens is 481 g/mol. The van der Waals surface area contributed by atoms with Crippen molar-refractivity contribution in [3.8, 4) is 0 Å². The van der Waals surface area contributed by atoms with Crippen LogP contribution in [0.5, 0.6) is 0 Å². The van der Waals surface area contributed by atoms with Crippen LogP contribution in [0, 0.1) is 5.82 Å². The van der Waals surface area contributed by atoms with E-state index in [1.165, 1.54) is 29.0 Å². The molecule has 0 saturated carbocycles. The Morgan fingerprint density at radius 1 is 1.24 bits per heavy atom. The SMILES string of the molecule is C[C@H](c1ccccc1)N1CCC(N(C)c2cc(F)c(S(=O)(=O)Cc3cscn3)cc2Cl)CC1. The standard InChI is InChI=1S/C24H27ClFN3O2S2/c1-17(18-6-4-3-5-7-18)29-10-8-20(9-11-29)28(2)23-13-22(26)24(12-21(23)25)33(30,31)15-19-14-32-16-27-19/h3-7,12-14,16-17,20H,8-11,15H2,1-2H3/t17-/m1/s1. The maximum Gasteiger partial charge on any atom is 0.187 e. The lowest BCUT2D eigenvalue weighted by molar-refractivity contribution is 0.162. The highest BCUT2D eigenvalue weighted by Crippen LogP contribution is 2.35. The molecule has 176 valence electrons. The molecule has 1 atom stereocenters. The highest BCUT2D eigenvalue weighted by Gasteiger charge is 2.29. The van der Waals surface area contributed by atoms with Crippen LogP contribution in [0.4, 0.5) is 10.1 Å². The van der Waals surface area contributed by atoms with E-state index in [0.29, 0.717) is 17.4 Å². The van der Waals surface area contributed by atoms with E-state index in [9.17, 15) is 12.8 Å². The van der Waals surface area contributed by atoms with Gasteiger partial charge in [0.25, 0.3) is 0 Å². The van der Waals surface area contributed by atoms with Crippen LogP contribution in [0.3, 0.4) is 0 Å². The number of benzene rings is 2. The highest BCUT2D eigenvalue weighted by molar-refractivity contribution is 7.90. The zero-order valence-electron chi connectivity index (χ0n) is 18.6. The zero-order valence-corrected chi connectivity index (χ0v) is 21.0. The number of likely N-dealkylation sites (tertiary alicyclic amines) is 1. The van der Waals surface area contributed by atoms with Gasteiger partial charge in [-0.15, -0.1) is 11.3 Å². The summed E-state index contributed by atoms with van der Waals surface area (Å²) in [5, 5.41) is 1.88. The second kappa shape index (κ2) is 10.1. The zero-order chi connectivity index (χ0) is 23.6. The molecule has 0 spiro atoms. The van der Waals surface area contributed by atoms with Crippen molar-refractivity contribution in [2.45, 2.75) is 42.5 Å². The van der Waals surface area contributed by atoms with E-state index in [4.69, 9.17) is 11.6 Å². The predicted molar refractivity (Wildman–Crippen MR) is 132 cm³/mol. The second-order valence-corrected chi connectivity index (χ2v) is 11.5. The van der Waals surface area contributed by atoms with Crippen LogP contribution in [0.15, 0.2) is 58.3 Å². The topological polar surface area (TPSA) is 53.5 Å². The van der Waals surface area contributed by atoms with E-state index in [1.54, 1.807) is 10.9 Å². The first kappa shape index (κ1) is 24.1. The van der Waals surface area contributed by atoms with Gasteiger partial charge in [0.05, 0.1) is 27.7 Å². The third kappa shape index (κ3) is 5.40. The molecule has 2 heterocycles. The van der Waals surface area contributed by atoms with E-state index in [2.05, 4.69) is 41.1 Å². The minimum atomic E-state index is -3.89. The Bertz CT molecular complexity index is 1180. The fourth-order valence-electron chi connectivity index (χ4n) is 4.41. The molecule has 1 aliphatic rings. The molecule has 1 aromatic heterocycles. The molecular formula is C24H27ClFN3O2S2. The third-order valence-corrected chi connectivity index (χ3v) is 9.01. The molecule has 3 aromatic rings.